The summed E-state index contributed by atoms with van der Waals surface area (Å²) in [7, 11) is -3.68. The molecule has 25 heavy (non-hydrogen) atoms. The van der Waals surface area contributed by atoms with Crippen LogP contribution in [0.25, 0.3) is 0 Å². The van der Waals surface area contributed by atoms with E-state index in [4.69, 9.17) is 16.3 Å². The second-order valence-electron chi connectivity index (χ2n) is 5.08. The molecule has 0 aliphatic heterocycles. The van der Waals surface area contributed by atoms with Gasteiger partial charge in [-0.1, -0.05) is 23.7 Å². The van der Waals surface area contributed by atoms with Crippen molar-refractivity contribution in [3.63, 3.8) is 0 Å². The van der Waals surface area contributed by atoms with Crippen molar-refractivity contribution in [3.8, 4) is 5.75 Å². The first-order valence-corrected chi connectivity index (χ1v) is 9.55. The van der Waals surface area contributed by atoms with Crippen molar-refractivity contribution < 1.29 is 17.9 Å². The molecule has 2 rings (SSSR count). The summed E-state index contributed by atoms with van der Waals surface area (Å²) in [5.41, 5.74) is 0.551. The molecule has 0 saturated heterocycles. The maximum absolute atomic E-state index is 12.1. The van der Waals surface area contributed by atoms with Gasteiger partial charge in [-0.15, -0.1) is 0 Å². The van der Waals surface area contributed by atoms with Gasteiger partial charge >= 0.3 is 0 Å². The van der Waals surface area contributed by atoms with Crippen LogP contribution in [0, 0.1) is 0 Å². The van der Waals surface area contributed by atoms with Crippen LogP contribution in [0.2, 0.25) is 5.02 Å². The van der Waals surface area contributed by atoms with E-state index in [9.17, 15) is 13.2 Å². The Kier molecular flexibility index (Phi) is 6.81. The number of rotatable bonds is 8. The molecule has 2 aromatic carbocycles. The quantitative estimate of drug-likeness (QED) is 0.734. The largest absolute Gasteiger partial charge is 0.492 e. The molecule has 0 aliphatic carbocycles. The number of carbonyl (C=O) groups is 1. The number of benzene rings is 2. The summed E-state index contributed by atoms with van der Waals surface area (Å²) < 4.78 is 32.0. The average Bonchev–Trinajstić information content (AvgIpc) is 2.57. The van der Waals surface area contributed by atoms with Gasteiger partial charge in [-0.25, -0.2) is 13.1 Å². The lowest BCUT2D eigenvalue weighted by atomic mass is 10.3. The van der Waals surface area contributed by atoms with Gasteiger partial charge in [0.2, 0.25) is 15.9 Å². The van der Waals surface area contributed by atoms with Crippen LogP contribution in [-0.4, -0.2) is 27.5 Å². The average molecular weight is 383 g/mol. The number of carbonyl (C=O) groups excluding carboxylic acids is 1. The van der Waals surface area contributed by atoms with E-state index in [0.29, 0.717) is 23.1 Å². The second kappa shape index (κ2) is 8.84. The fourth-order valence-corrected chi connectivity index (χ4v) is 3.22. The number of ether oxygens (including phenoxy) is 1. The number of sulfonamides is 1. The molecule has 6 nitrogen and oxygen atoms in total. The minimum absolute atomic E-state index is 0.00667. The summed E-state index contributed by atoms with van der Waals surface area (Å²) in [5.74, 6) is 0.256. The number of amides is 1. The van der Waals surface area contributed by atoms with Crippen molar-refractivity contribution >= 4 is 33.2 Å². The Bertz CT molecular complexity index is 823. The van der Waals surface area contributed by atoms with Gasteiger partial charge in [0.25, 0.3) is 0 Å². The maximum Gasteiger partial charge on any atom is 0.240 e. The molecule has 1 amide bonds. The van der Waals surface area contributed by atoms with Gasteiger partial charge in [0, 0.05) is 18.0 Å². The lowest BCUT2D eigenvalue weighted by molar-refractivity contribution is -0.116. The van der Waals surface area contributed by atoms with Crippen molar-refractivity contribution in [1.82, 2.24) is 4.72 Å². The molecule has 0 saturated carbocycles. The molecule has 0 bridgehead atoms. The molecule has 8 heteroatoms. The first-order chi connectivity index (χ1) is 11.9. The third kappa shape index (κ3) is 5.74. The zero-order chi connectivity index (χ0) is 18.3. The van der Waals surface area contributed by atoms with Gasteiger partial charge in [0.05, 0.1) is 17.2 Å². The van der Waals surface area contributed by atoms with Crippen molar-refractivity contribution in [3.05, 3.63) is 53.6 Å². The first-order valence-electron chi connectivity index (χ1n) is 7.69. The van der Waals surface area contributed by atoms with E-state index in [0.717, 1.165) is 0 Å². The molecular formula is C17H19ClN2O4S. The molecule has 0 aromatic heterocycles. The number of para-hydroxylation sites is 2. The van der Waals surface area contributed by atoms with E-state index in [1.165, 1.54) is 24.3 Å². The molecule has 134 valence electrons. The van der Waals surface area contributed by atoms with Crippen molar-refractivity contribution in [2.45, 2.75) is 18.2 Å². The molecule has 0 heterocycles. The summed E-state index contributed by atoms with van der Waals surface area (Å²) in [6.07, 6.45) is -0.00667. The van der Waals surface area contributed by atoms with Gasteiger partial charge in [0.1, 0.15) is 5.75 Å². The van der Waals surface area contributed by atoms with E-state index in [2.05, 4.69) is 10.0 Å². The third-order valence-electron chi connectivity index (χ3n) is 3.23. The summed E-state index contributed by atoms with van der Waals surface area (Å²) in [5, 5.41) is 3.16. The molecule has 2 aromatic rings. The highest BCUT2D eigenvalue weighted by Gasteiger charge is 2.14. The summed E-state index contributed by atoms with van der Waals surface area (Å²) in [4.78, 5) is 12.1. The van der Waals surface area contributed by atoms with E-state index in [-0.39, 0.29) is 23.8 Å². The standard InChI is InChI=1S/C17H19ClN2O4S/c1-2-24-16-6-4-3-5-15(16)20-17(21)11-12-19-25(22,23)14-9-7-13(18)8-10-14/h3-10,19H,2,11-12H2,1H3,(H,20,21). The van der Waals surface area contributed by atoms with Crippen LogP contribution >= 0.6 is 11.6 Å². The highest BCUT2D eigenvalue weighted by atomic mass is 35.5. The lowest BCUT2D eigenvalue weighted by Gasteiger charge is -2.11. The Balaban J connectivity index is 1.89. The SMILES string of the molecule is CCOc1ccccc1NC(=O)CCNS(=O)(=O)c1ccc(Cl)cc1. The van der Waals surface area contributed by atoms with Crippen molar-refractivity contribution in [2.75, 3.05) is 18.5 Å². The normalized spacial score (nSPS) is 11.1. The Morgan fingerprint density at radius 1 is 1.12 bits per heavy atom. The summed E-state index contributed by atoms with van der Waals surface area (Å²) in [6.45, 7) is 2.31. The number of nitrogens with one attached hydrogen (secondary N) is 2. The number of hydrogen-bond acceptors (Lipinski definition) is 4. The Hall–Kier alpha value is -2.09. The highest BCUT2D eigenvalue weighted by Crippen LogP contribution is 2.23. The number of halogens is 1. The molecule has 0 spiro atoms. The van der Waals surface area contributed by atoms with Crippen LogP contribution in [0.4, 0.5) is 5.69 Å². The highest BCUT2D eigenvalue weighted by molar-refractivity contribution is 7.89. The van der Waals surface area contributed by atoms with E-state index in [1.54, 1.807) is 24.3 Å². The topological polar surface area (TPSA) is 84.5 Å². The minimum atomic E-state index is -3.68. The molecule has 0 radical (unpaired) electrons. The molecular weight excluding hydrogens is 364 g/mol. The van der Waals surface area contributed by atoms with Gasteiger partial charge in [-0.05, 0) is 43.3 Å². The van der Waals surface area contributed by atoms with Gasteiger partial charge in [-0.3, -0.25) is 4.79 Å². The first kappa shape index (κ1) is 19.2. The lowest BCUT2D eigenvalue weighted by Crippen LogP contribution is -2.27. The van der Waals surface area contributed by atoms with Crippen LogP contribution < -0.4 is 14.8 Å². The molecule has 0 fully saturated rings. The second-order valence-corrected chi connectivity index (χ2v) is 7.28. The molecule has 0 aliphatic rings. The van der Waals surface area contributed by atoms with Crippen LogP contribution in [0.3, 0.4) is 0 Å². The third-order valence-corrected chi connectivity index (χ3v) is 4.96. The smallest absolute Gasteiger partial charge is 0.240 e. The van der Waals surface area contributed by atoms with E-state index in [1.807, 2.05) is 6.92 Å². The zero-order valence-electron chi connectivity index (χ0n) is 13.7. The fourth-order valence-electron chi connectivity index (χ4n) is 2.06. The fraction of sp³-hybridized carbons (Fsp3) is 0.235. The maximum atomic E-state index is 12.1. The zero-order valence-corrected chi connectivity index (χ0v) is 15.2. The van der Waals surface area contributed by atoms with Gasteiger partial charge < -0.3 is 10.1 Å². The summed E-state index contributed by atoms with van der Waals surface area (Å²) in [6, 6.07) is 12.9. The molecule has 0 atom stereocenters. The van der Waals surface area contributed by atoms with Gasteiger partial charge in [-0.2, -0.15) is 0 Å². The molecule has 0 unspecified atom stereocenters. The van der Waals surface area contributed by atoms with Crippen LogP contribution in [0.5, 0.6) is 5.75 Å². The Morgan fingerprint density at radius 3 is 2.48 bits per heavy atom. The minimum Gasteiger partial charge on any atom is -0.492 e. The van der Waals surface area contributed by atoms with Crippen LogP contribution in [-0.2, 0) is 14.8 Å². The number of anilines is 1. The molecule has 2 N–H and O–H groups in total. The van der Waals surface area contributed by atoms with Crippen LogP contribution in [0.15, 0.2) is 53.4 Å². The number of hydrogen-bond donors (Lipinski definition) is 2. The van der Waals surface area contributed by atoms with Crippen molar-refractivity contribution in [2.24, 2.45) is 0 Å². The van der Waals surface area contributed by atoms with Crippen molar-refractivity contribution in [1.29, 1.82) is 0 Å². The van der Waals surface area contributed by atoms with E-state index < -0.39 is 10.0 Å². The van der Waals surface area contributed by atoms with Crippen LogP contribution in [0.1, 0.15) is 13.3 Å². The Morgan fingerprint density at radius 2 is 1.80 bits per heavy atom. The predicted molar refractivity (Wildman–Crippen MR) is 97.5 cm³/mol. The Labute approximate surface area is 152 Å². The summed E-state index contributed by atoms with van der Waals surface area (Å²) >= 11 is 5.74. The van der Waals surface area contributed by atoms with E-state index >= 15 is 0 Å². The monoisotopic (exact) mass is 382 g/mol. The van der Waals surface area contributed by atoms with Gasteiger partial charge in [0.15, 0.2) is 0 Å². The predicted octanol–water partition coefficient (Wildman–Crippen LogP) is 3.05.